The molecule has 3 rings (SSSR count). The van der Waals surface area contributed by atoms with Crippen LogP contribution in [0.1, 0.15) is 29.8 Å². The number of halogens is 1. The van der Waals surface area contributed by atoms with Crippen LogP contribution in [0.2, 0.25) is 0 Å². The molecule has 0 bridgehead atoms. The van der Waals surface area contributed by atoms with E-state index in [1.165, 1.54) is 19.1 Å². The molecule has 0 saturated heterocycles. The zero-order valence-electron chi connectivity index (χ0n) is 15.4. The van der Waals surface area contributed by atoms with Gasteiger partial charge in [0, 0.05) is 0 Å². The zero-order valence-corrected chi connectivity index (χ0v) is 16.2. The normalized spacial score (nSPS) is 15.7. The lowest BCUT2D eigenvalue weighted by molar-refractivity contribution is -0.121. The van der Waals surface area contributed by atoms with Crippen LogP contribution in [0, 0.1) is 24.1 Å². The predicted molar refractivity (Wildman–Crippen MR) is 99.6 cm³/mol. The second-order valence-corrected chi connectivity index (χ2v) is 8.18. The van der Waals surface area contributed by atoms with Crippen LogP contribution in [-0.4, -0.2) is 36.2 Å². The molecule has 29 heavy (non-hydrogen) atoms. The van der Waals surface area contributed by atoms with E-state index in [2.05, 4.69) is 15.6 Å². The minimum Gasteiger partial charge on any atom is -0.346 e. The van der Waals surface area contributed by atoms with E-state index in [0.717, 1.165) is 6.20 Å². The minimum absolute atomic E-state index is 0.0701. The Kier molecular flexibility index (Phi) is 5.21. The fourth-order valence-corrected chi connectivity index (χ4v) is 4.56. The van der Waals surface area contributed by atoms with Crippen molar-refractivity contribution in [3.8, 4) is 6.07 Å². The Morgan fingerprint density at radius 2 is 2.17 bits per heavy atom. The lowest BCUT2D eigenvalue weighted by Crippen LogP contribution is -2.49. The highest BCUT2D eigenvalue weighted by Crippen LogP contribution is 2.32. The molecule has 0 saturated carbocycles. The number of nitrogens with one attached hydrogen (secondary N) is 2. The Morgan fingerprint density at radius 3 is 2.86 bits per heavy atom. The third-order valence-electron chi connectivity index (χ3n) is 4.33. The molecule has 1 atom stereocenters. The van der Waals surface area contributed by atoms with Gasteiger partial charge in [-0.2, -0.15) is 5.26 Å². The molecule has 9 nitrogen and oxygen atoms in total. The van der Waals surface area contributed by atoms with E-state index in [9.17, 15) is 22.4 Å². The summed E-state index contributed by atoms with van der Waals surface area (Å²) in [5.41, 5.74) is 0.560. The van der Waals surface area contributed by atoms with Crippen LogP contribution >= 0.6 is 0 Å². The maximum atomic E-state index is 13.4. The topological polar surface area (TPSA) is 132 Å². The van der Waals surface area contributed by atoms with Crippen LogP contribution in [0.3, 0.4) is 0 Å². The largest absolute Gasteiger partial charge is 0.346 e. The maximum Gasteiger partial charge on any atom is 0.336 e. The number of anilines is 1. The highest BCUT2D eigenvalue weighted by atomic mass is 32.2. The number of fused-ring (bicyclic) bond motifs is 1. The highest BCUT2D eigenvalue weighted by Gasteiger charge is 2.39. The molecule has 1 aromatic heterocycles. The summed E-state index contributed by atoms with van der Waals surface area (Å²) in [5, 5.41) is 13.8. The fraction of sp³-hybridized carbons (Fsp3) is 0.222. The first-order valence-corrected chi connectivity index (χ1v) is 9.87. The van der Waals surface area contributed by atoms with Crippen LogP contribution < -0.4 is 10.6 Å². The second-order valence-electron chi connectivity index (χ2n) is 6.38. The van der Waals surface area contributed by atoms with Gasteiger partial charge in [0.05, 0.1) is 29.2 Å². The molecule has 0 radical (unpaired) electrons. The van der Waals surface area contributed by atoms with Crippen molar-refractivity contribution in [3.05, 3.63) is 53.1 Å². The number of nitriles is 1. The first kappa shape index (κ1) is 20.2. The standard InChI is InChI=1S/C18H16FN5O4S/c1-10-4-3-5-14-17(10)29(27,28)24(18(26)23-14)9-16(25)22-11(2)15-6-12(7-20)13(19)8-21-15/h3-6,8,11H,9H2,1-2H3,(H,22,25)(H,23,26)/t11-/m1/s1. The fourth-order valence-electron chi connectivity index (χ4n) is 2.92. The van der Waals surface area contributed by atoms with Gasteiger partial charge in [-0.1, -0.05) is 12.1 Å². The molecule has 0 aliphatic carbocycles. The van der Waals surface area contributed by atoms with Gasteiger partial charge in [0.2, 0.25) is 5.91 Å². The van der Waals surface area contributed by atoms with Crippen molar-refractivity contribution in [2.24, 2.45) is 0 Å². The molecule has 1 aliphatic heterocycles. The summed E-state index contributed by atoms with van der Waals surface area (Å²) in [7, 11) is -4.22. The molecule has 2 aromatic rings. The average Bonchev–Trinajstić information content (AvgIpc) is 2.65. The Bertz CT molecular complexity index is 1160. The van der Waals surface area contributed by atoms with Gasteiger partial charge in [0.15, 0.2) is 5.82 Å². The Morgan fingerprint density at radius 1 is 1.45 bits per heavy atom. The molecule has 1 aliphatic rings. The van der Waals surface area contributed by atoms with E-state index in [1.54, 1.807) is 25.1 Å². The number of aryl methyl sites for hydroxylation is 1. The Labute approximate surface area is 166 Å². The van der Waals surface area contributed by atoms with Crippen molar-refractivity contribution in [1.82, 2.24) is 14.6 Å². The SMILES string of the molecule is Cc1cccc2c1S(=O)(=O)N(CC(=O)N[C@H](C)c1cc(C#N)c(F)cn1)C(=O)N2. The Balaban J connectivity index is 1.79. The number of amides is 3. The van der Waals surface area contributed by atoms with Gasteiger partial charge in [-0.3, -0.25) is 9.78 Å². The lowest BCUT2D eigenvalue weighted by Gasteiger charge is -2.29. The van der Waals surface area contributed by atoms with Crippen molar-refractivity contribution in [3.63, 3.8) is 0 Å². The second kappa shape index (κ2) is 7.48. The summed E-state index contributed by atoms with van der Waals surface area (Å²) in [4.78, 5) is 28.4. The number of carbonyl (C=O) groups excluding carboxylic acids is 2. The van der Waals surface area contributed by atoms with E-state index in [0.29, 0.717) is 9.87 Å². The first-order valence-electron chi connectivity index (χ1n) is 8.43. The number of hydrogen-bond donors (Lipinski definition) is 2. The molecule has 2 N–H and O–H groups in total. The molecule has 0 fully saturated rings. The van der Waals surface area contributed by atoms with Gasteiger partial charge in [0.25, 0.3) is 10.0 Å². The average molecular weight is 417 g/mol. The van der Waals surface area contributed by atoms with E-state index in [1.807, 2.05) is 0 Å². The minimum atomic E-state index is -4.22. The van der Waals surface area contributed by atoms with E-state index in [-0.39, 0.29) is 21.8 Å². The quantitative estimate of drug-likeness (QED) is 0.780. The molecule has 11 heteroatoms. The third kappa shape index (κ3) is 3.74. The van der Waals surface area contributed by atoms with Gasteiger partial charge in [-0.25, -0.2) is 21.9 Å². The molecule has 3 amide bonds. The number of nitrogens with zero attached hydrogens (tertiary/aromatic N) is 3. The van der Waals surface area contributed by atoms with Gasteiger partial charge in [0.1, 0.15) is 17.5 Å². The Hall–Kier alpha value is -3.52. The number of benzene rings is 1. The summed E-state index contributed by atoms with van der Waals surface area (Å²) in [6.07, 6.45) is 0.860. The number of aromatic nitrogens is 1. The number of rotatable bonds is 4. The summed E-state index contributed by atoms with van der Waals surface area (Å²) < 4.78 is 39.5. The van der Waals surface area contributed by atoms with E-state index in [4.69, 9.17) is 5.26 Å². The van der Waals surface area contributed by atoms with Crippen LogP contribution in [0.5, 0.6) is 0 Å². The number of sulfonamides is 1. The van der Waals surface area contributed by atoms with Gasteiger partial charge in [-0.15, -0.1) is 0 Å². The van der Waals surface area contributed by atoms with Crippen molar-refractivity contribution in [1.29, 1.82) is 5.26 Å². The van der Waals surface area contributed by atoms with Crippen molar-refractivity contribution in [2.75, 3.05) is 11.9 Å². The molecule has 2 heterocycles. The summed E-state index contributed by atoms with van der Waals surface area (Å²) in [6.45, 7) is 2.36. The van der Waals surface area contributed by atoms with E-state index >= 15 is 0 Å². The third-order valence-corrected chi connectivity index (χ3v) is 6.27. The number of hydrogen-bond acceptors (Lipinski definition) is 6. The number of urea groups is 1. The van der Waals surface area contributed by atoms with Gasteiger partial charge >= 0.3 is 6.03 Å². The van der Waals surface area contributed by atoms with Crippen molar-refractivity contribution in [2.45, 2.75) is 24.8 Å². The number of pyridine rings is 1. The monoisotopic (exact) mass is 417 g/mol. The molecular formula is C18H16FN5O4S. The lowest BCUT2D eigenvalue weighted by atomic mass is 10.1. The van der Waals surface area contributed by atoms with Crippen LogP contribution in [0.15, 0.2) is 35.4 Å². The van der Waals surface area contributed by atoms with E-state index < -0.39 is 40.4 Å². The predicted octanol–water partition coefficient (Wildman–Crippen LogP) is 1.81. The maximum absolute atomic E-state index is 13.4. The highest BCUT2D eigenvalue weighted by molar-refractivity contribution is 7.90. The van der Waals surface area contributed by atoms with Crippen LogP contribution in [0.4, 0.5) is 14.9 Å². The van der Waals surface area contributed by atoms with Crippen LogP contribution in [-0.2, 0) is 14.8 Å². The molecule has 0 spiro atoms. The zero-order chi connectivity index (χ0) is 21.3. The summed E-state index contributed by atoms with van der Waals surface area (Å²) in [5.74, 6) is -1.56. The van der Waals surface area contributed by atoms with Gasteiger partial charge < -0.3 is 10.6 Å². The first-order chi connectivity index (χ1) is 13.6. The van der Waals surface area contributed by atoms with Crippen molar-refractivity contribution >= 4 is 27.6 Å². The molecule has 0 unspecified atom stereocenters. The summed E-state index contributed by atoms with van der Waals surface area (Å²) >= 11 is 0. The van der Waals surface area contributed by atoms with Crippen LogP contribution in [0.25, 0.3) is 0 Å². The van der Waals surface area contributed by atoms with Crippen molar-refractivity contribution < 1.29 is 22.4 Å². The molecular weight excluding hydrogens is 401 g/mol. The van der Waals surface area contributed by atoms with Gasteiger partial charge in [-0.05, 0) is 31.5 Å². The smallest absolute Gasteiger partial charge is 0.336 e. The number of carbonyl (C=O) groups is 2. The molecule has 150 valence electrons. The molecule has 1 aromatic carbocycles. The summed E-state index contributed by atoms with van der Waals surface area (Å²) in [6, 6.07) is 5.82.